The van der Waals surface area contributed by atoms with E-state index in [2.05, 4.69) is 26.2 Å². The van der Waals surface area contributed by atoms with Gasteiger partial charge >= 0.3 is 0 Å². The fourth-order valence-corrected chi connectivity index (χ4v) is 10.7. The first-order valence-corrected chi connectivity index (χ1v) is 12.4. The van der Waals surface area contributed by atoms with Crippen LogP contribution in [-0.2, 0) is 0 Å². The SMILES string of the molecule is C[Si]1(C)CCCCC[Si]1(C)C. The minimum atomic E-state index is -0.730. The fraction of sp³-hybridized carbons (Fsp3) is 1.00. The summed E-state index contributed by atoms with van der Waals surface area (Å²) in [6, 6.07) is 3.23. The van der Waals surface area contributed by atoms with Crippen LogP contribution < -0.4 is 0 Å². The van der Waals surface area contributed by atoms with Gasteiger partial charge in [0, 0.05) is 15.2 Å². The Kier molecular flexibility index (Phi) is 2.64. The highest BCUT2D eigenvalue weighted by atomic mass is 29.3. The normalized spacial score (nSPS) is 29.5. The van der Waals surface area contributed by atoms with E-state index < -0.39 is 15.2 Å². The van der Waals surface area contributed by atoms with Gasteiger partial charge in [-0.15, -0.1) is 0 Å². The van der Waals surface area contributed by atoms with Crippen LogP contribution in [0.2, 0.25) is 38.3 Å². The highest BCUT2D eigenvalue weighted by molar-refractivity contribution is 7.40. The Bertz CT molecular complexity index is 122. The maximum atomic E-state index is 2.63. The summed E-state index contributed by atoms with van der Waals surface area (Å²) < 4.78 is 0. The zero-order valence-corrected chi connectivity index (χ0v) is 10.5. The fourth-order valence-electron chi connectivity index (χ4n) is 1.99. The molecule has 0 radical (unpaired) electrons. The molecule has 0 unspecified atom stereocenters. The summed E-state index contributed by atoms with van der Waals surface area (Å²) in [4.78, 5) is 0. The zero-order chi connectivity index (χ0) is 8.54. The molecule has 11 heavy (non-hydrogen) atoms. The lowest BCUT2D eigenvalue weighted by atomic mass is 10.3. The Labute approximate surface area is 73.2 Å². The molecule has 1 aliphatic rings. The molecule has 0 aromatic carbocycles. The maximum Gasteiger partial charge on any atom is 0.0412 e. The van der Waals surface area contributed by atoms with E-state index >= 15 is 0 Å². The largest absolute Gasteiger partial charge is 0.0713 e. The molecule has 0 nitrogen and oxygen atoms in total. The Morgan fingerprint density at radius 2 is 1.00 bits per heavy atom. The Balaban J connectivity index is 2.72. The molecule has 66 valence electrons. The monoisotopic (exact) mass is 186 g/mol. The summed E-state index contributed by atoms with van der Waals surface area (Å²) in [7, 11) is -1.46. The third-order valence-electron chi connectivity index (χ3n) is 3.94. The molecule has 0 amide bonds. The number of rotatable bonds is 0. The molecule has 1 heterocycles. The van der Waals surface area contributed by atoms with Crippen molar-refractivity contribution in [2.45, 2.75) is 57.5 Å². The molecule has 0 bridgehead atoms. The average molecular weight is 186 g/mol. The molecule has 1 saturated heterocycles. The Morgan fingerprint density at radius 3 is 1.36 bits per heavy atom. The van der Waals surface area contributed by atoms with Crippen molar-refractivity contribution < 1.29 is 0 Å². The molecule has 0 aromatic heterocycles. The van der Waals surface area contributed by atoms with Gasteiger partial charge in [0.05, 0.1) is 0 Å². The third-order valence-corrected chi connectivity index (χ3v) is 23.3. The lowest BCUT2D eigenvalue weighted by molar-refractivity contribution is 0.770. The molecular weight excluding hydrogens is 164 g/mol. The van der Waals surface area contributed by atoms with Gasteiger partial charge in [-0.3, -0.25) is 0 Å². The summed E-state index contributed by atoms with van der Waals surface area (Å²) in [6.07, 6.45) is 4.60. The van der Waals surface area contributed by atoms with Crippen LogP contribution in [0.15, 0.2) is 0 Å². The molecule has 1 aliphatic heterocycles. The second-order valence-corrected chi connectivity index (χ2v) is 22.0. The van der Waals surface area contributed by atoms with E-state index in [4.69, 9.17) is 0 Å². The standard InChI is InChI=1S/C9H22Si2/c1-10(2)8-6-5-7-9-11(10,3)4/h5-9H2,1-4H3. The molecule has 2 heteroatoms. The van der Waals surface area contributed by atoms with Crippen LogP contribution in [0.5, 0.6) is 0 Å². The summed E-state index contributed by atoms with van der Waals surface area (Å²) in [5.41, 5.74) is 0. The van der Waals surface area contributed by atoms with Gasteiger partial charge in [-0.1, -0.05) is 57.5 Å². The van der Waals surface area contributed by atoms with Crippen molar-refractivity contribution in [2.75, 3.05) is 0 Å². The van der Waals surface area contributed by atoms with E-state index in [0.29, 0.717) is 0 Å². The first-order valence-electron chi connectivity index (χ1n) is 4.96. The van der Waals surface area contributed by atoms with Gasteiger partial charge in [-0.25, -0.2) is 0 Å². The second kappa shape index (κ2) is 3.06. The summed E-state index contributed by atoms with van der Waals surface area (Å²) in [5.74, 6) is 0. The predicted octanol–water partition coefficient (Wildman–Crippen LogP) is 3.67. The van der Waals surface area contributed by atoms with Crippen molar-refractivity contribution in [2.24, 2.45) is 0 Å². The van der Waals surface area contributed by atoms with Gasteiger partial charge in [0.1, 0.15) is 0 Å². The van der Waals surface area contributed by atoms with Crippen molar-refractivity contribution in [3.63, 3.8) is 0 Å². The molecule has 0 N–H and O–H groups in total. The van der Waals surface area contributed by atoms with E-state index in [1.165, 1.54) is 19.3 Å². The molecule has 0 aliphatic carbocycles. The van der Waals surface area contributed by atoms with Crippen LogP contribution >= 0.6 is 0 Å². The molecular formula is C9H22Si2. The van der Waals surface area contributed by atoms with Crippen LogP contribution in [0.4, 0.5) is 0 Å². The van der Waals surface area contributed by atoms with E-state index in [0.717, 1.165) is 0 Å². The van der Waals surface area contributed by atoms with E-state index in [1.807, 2.05) is 0 Å². The van der Waals surface area contributed by atoms with E-state index in [9.17, 15) is 0 Å². The summed E-state index contributed by atoms with van der Waals surface area (Å²) >= 11 is 0. The topological polar surface area (TPSA) is 0 Å². The average Bonchev–Trinajstić information content (AvgIpc) is 1.94. The van der Waals surface area contributed by atoms with Gasteiger partial charge in [0.15, 0.2) is 0 Å². The minimum Gasteiger partial charge on any atom is -0.0713 e. The van der Waals surface area contributed by atoms with Crippen molar-refractivity contribution >= 4 is 15.2 Å². The highest BCUT2D eigenvalue weighted by Gasteiger charge is 2.40. The van der Waals surface area contributed by atoms with Crippen LogP contribution in [0.1, 0.15) is 19.3 Å². The second-order valence-electron chi connectivity index (χ2n) is 5.33. The van der Waals surface area contributed by atoms with Crippen molar-refractivity contribution in [1.82, 2.24) is 0 Å². The van der Waals surface area contributed by atoms with Crippen molar-refractivity contribution in [1.29, 1.82) is 0 Å². The smallest absolute Gasteiger partial charge is 0.0412 e. The molecule has 0 spiro atoms. The summed E-state index contributed by atoms with van der Waals surface area (Å²) in [6.45, 7) is 10.5. The quantitative estimate of drug-likeness (QED) is 0.507. The zero-order valence-electron chi connectivity index (χ0n) is 8.54. The Morgan fingerprint density at radius 1 is 0.636 bits per heavy atom. The van der Waals surface area contributed by atoms with Crippen LogP contribution in [0.3, 0.4) is 0 Å². The van der Waals surface area contributed by atoms with Crippen LogP contribution in [0, 0.1) is 0 Å². The maximum absolute atomic E-state index is 2.63. The van der Waals surface area contributed by atoms with Gasteiger partial charge in [0.2, 0.25) is 0 Å². The molecule has 0 saturated carbocycles. The van der Waals surface area contributed by atoms with Gasteiger partial charge in [-0.2, -0.15) is 0 Å². The summed E-state index contributed by atoms with van der Waals surface area (Å²) in [5, 5.41) is 0. The molecule has 0 aromatic rings. The van der Waals surface area contributed by atoms with Gasteiger partial charge in [0.25, 0.3) is 0 Å². The molecule has 1 rings (SSSR count). The van der Waals surface area contributed by atoms with Crippen molar-refractivity contribution in [3.05, 3.63) is 0 Å². The first kappa shape index (κ1) is 9.52. The predicted molar refractivity (Wildman–Crippen MR) is 58.4 cm³/mol. The first-order chi connectivity index (χ1) is 4.96. The van der Waals surface area contributed by atoms with Crippen molar-refractivity contribution in [3.8, 4) is 0 Å². The van der Waals surface area contributed by atoms with E-state index in [-0.39, 0.29) is 0 Å². The highest BCUT2D eigenvalue weighted by Crippen LogP contribution is 2.33. The van der Waals surface area contributed by atoms with Gasteiger partial charge in [-0.05, 0) is 0 Å². The minimum absolute atomic E-state index is 0.730. The van der Waals surface area contributed by atoms with Crippen LogP contribution in [0.25, 0.3) is 0 Å². The molecule has 1 fully saturated rings. The number of hydrogen-bond donors (Lipinski definition) is 0. The Hall–Kier alpha value is 0.434. The van der Waals surface area contributed by atoms with E-state index in [1.54, 1.807) is 12.1 Å². The third kappa shape index (κ3) is 1.97. The lowest BCUT2D eigenvalue weighted by Crippen LogP contribution is -2.53. The molecule has 0 atom stereocenters. The lowest BCUT2D eigenvalue weighted by Gasteiger charge is -2.36. The number of hydrogen-bond acceptors (Lipinski definition) is 0. The van der Waals surface area contributed by atoms with Crippen LogP contribution in [-0.4, -0.2) is 15.2 Å². The van der Waals surface area contributed by atoms with Gasteiger partial charge < -0.3 is 0 Å².